The van der Waals surface area contributed by atoms with Crippen LogP contribution in [0.5, 0.6) is 0 Å². The Morgan fingerprint density at radius 3 is 3.00 bits per heavy atom. The van der Waals surface area contributed by atoms with E-state index in [0.29, 0.717) is 19.1 Å². The van der Waals surface area contributed by atoms with Crippen molar-refractivity contribution < 1.29 is 9.53 Å². The highest BCUT2D eigenvalue weighted by molar-refractivity contribution is 5.79. The third kappa shape index (κ3) is 2.49. The van der Waals surface area contributed by atoms with E-state index in [1.54, 1.807) is 0 Å². The number of likely N-dealkylation sites (tertiary alicyclic amines) is 1. The number of nitrogens with zero attached hydrogens (tertiary/aromatic N) is 1. The first-order valence-corrected chi connectivity index (χ1v) is 5.88. The van der Waals surface area contributed by atoms with E-state index in [0.717, 1.165) is 32.5 Å². The fourth-order valence-corrected chi connectivity index (χ4v) is 2.45. The first kappa shape index (κ1) is 10.9. The van der Waals surface area contributed by atoms with Crippen molar-refractivity contribution in [3.05, 3.63) is 0 Å². The normalized spacial score (nSPS) is 31.9. The number of nitrogens with two attached hydrogens (primary N) is 1. The summed E-state index contributed by atoms with van der Waals surface area (Å²) in [7, 11) is 0. The van der Waals surface area contributed by atoms with Gasteiger partial charge in [0.2, 0.25) is 5.91 Å². The summed E-state index contributed by atoms with van der Waals surface area (Å²) in [5, 5.41) is 0. The minimum Gasteiger partial charge on any atom is -0.381 e. The molecule has 2 unspecified atom stereocenters. The average molecular weight is 212 g/mol. The number of carbonyl (C=O) groups excluding carboxylic acids is 1. The van der Waals surface area contributed by atoms with Crippen LogP contribution >= 0.6 is 0 Å². The zero-order chi connectivity index (χ0) is 10.7. The summed E-state index contributed by atoms with van der Waals surface area (Å²) in [6, 6.07) is 0. The SMILES string of the molecule is NCC1CCCN(C(=O)C2CCOC2)C1. The molecule has 0 aromatic rings. The van der Waals surface area contributed by atoms with E-state index < -0.39 is 0 Å². The summed E-state index contributed by atoms with van der Waals surface area (Å²) in [4.78, 5) is 14.1. The maximum atomic E-state index is 12.1. The van der Waals surface area contributed by atoms with E-state index in [2.05, 4.69) is 0 Å². The van der Waals surface area contributed by atoms with E-state index in [1.165, 1.54) is 6.42 Å². The molecule has 2 fully saturated rings. The Hall–Kier alpha value is -0.610. The summed E-state index contributed by atoms with van der Waals surface area (Å²) in [5.41, 5.74) is 5.66. The molecular weight excluding hydrogens is 192 g/mol. The average Bonchev–Trinajstić information content (AvgIpc) is 2.81. The van der Waals surface area contributed by atoms with Crippen LogP contribution in [0.1, 0.15) is 19.3 Å². The highest BCUT2D eigenvalue weighted by Gasteiger charge is 2.30. The fourth-order valence-electron chi connectivity index (χ4n) is 2.45. The molecule has 0 aromatic heterocycles. The van der Waals surface area contributed by atoms with E-state index in [9.17, 15) is 4.79 Å². The second kappa shape index (κ2) is 4.94. The molecule has 2 N–H and O–H groups in total. The van der Waals surface area contributed by atoms with Gasteiger partial charge in [-0.25, -0.2) is 0 Å². The van der Waals surface area contributed by atoms with Crippen LogP contribution in [-0.4, -0.2) is 43.7 Å². The summed E-state index contributed by atoms with van der Waals surface area (Å²) in [6.45, 7) is 3.82. The Balaban J connectivity index is 1.88. The predicted octanol–water partition coefficient (Wildman–Crippen LogP) is 0.220. The number of rotatable bonds is 2. The van der Waals surface area contributed by atoms with Crippen LogP contribution in [0.3, 0.4) is 0 Å². The van der Waals surface area contributed by atoms with E-state index in [4.69, 9.17) is 10.5 Å². The molecule has 0 aliphatic carbocycles. The first-order chi connectivity index (χ1) is 7.31. The van der Waals surface area contributed by atoms with Gasteiger partial charge in [-0.05, 0) is 31.7 Å². The largest absolute Gasteiger partial charge is 0.381 e. The second-order valence-electron chi connectivity index (χ2n) is 4.59. The Morgan fingerprint density at radius 1 is 1.47 bits per heavy atom. The Labute approximate surface area is 90.8 Å². The highest BCUT2D eigenvalue weighted by Crippen LogP contribution is 2.21. The molecule has 0 radical (unpaired) electrons. The lowest BCUT2D eigenvalue weighted by atomic mass is 9.96. The molecule has 0 bridgehead atoms. The van der Waals surface area contributed by atoms with Crippen LogP contribution in [0.15, 0.2) is 0 Å². The summed E-state index contributed by atoms with van der Waals surface area (Å²) in [6.07, 6.45) is 3.16. The van der Waals surface area contributed by atoms with Crippen molar-refractivity contribution in [2.45, 2.75) is 19.3 Å². The maximum absolute atomic E-state index is 12.1. The van der Waals surface area contributed by atoms with Crippen LogP contribution in [0.2, 0.25) is 0 Å². The third-order valence-corrected chi connectivity index (χ3v) is 3.44. The molecule has 0 aromatic carbocycles. The second-order valence-corrected chi connectivity index (χ2v) is 4.59. The van der Waals surface area contributed by atoms with Crippen molar-refractivity contribution in [1.29, 1.82) is 0 Å². The van der Waals surface area contributed by atoms with Crippen LogP contribution in [-0.2, 0) is 9.53 Å². The molecule has 4 nitrogen and oxygen atoms in total. The Kier molecular flexibility index (Phi) is 3.59. The van der Waals surface area contributed by atoms with E-state index in [1.807, 2.05) is 4.90 Å². The lowest BCUT2D eigenvalue weighted by Crippen LogP contribution is -2.44. The molecule has 2 heterocycles. The van der Waals surface area contributed by atoms with Gasteiger partial charge in [-0.15, -0.1) is 0 Å². The van der Waals surface area contributed by atoms with Crippen molar-refractivity contribution in [3.63, 3.8) is 0 Å². The molecular formula is C11H20N2O2. The molecule has 0 saturated carbocycles. The Bertz CT molecular complexity index is 227. The first-order valence-electron chi connectivity index (χ1n) is 5.88. The van der Waals surface area contributed by atoms with Gasteiger partial charge in [0.15, 0.2) is 0 Å². The lowest BCUT2D eigenvalue weighted by Gasteiger charge is -2.33. The number of ether oxygens (including phenoxy) is 1. The molecule has 2 aliphatic heterocycles. The molecule has 2 aliphatic rings. The van der Waals surface area contributed by atoms with E-state index >= 15 is 0 Å². The zero-order valence-corrected chi connectivity index (χ0v) is 9.15. The van der Waals surface area contributed by atoms with Gasteiger partial charge in [0.25, 0.3) is 0 Å². The number of piperidine rings is 1. The van der Waals surface area contributed by atoms with Crippen LogP contribution in [0.4, 0.5) is 0 Å². The van der Waals surface area contributed by atoms with Gasteiger partial charge in [0, 0.05) is 19.7 Å². The molecule has 15 heavy (non-hydrogen) atoms. The smallest absolute Gasteiger partial charge is 0.228 e. The quantitative estimate of drug-likeness (QED) is 0.712. The van der Waals surface area contributed by atoms with Crippen molar-refractivity contribution >= 4 is 5.91 Å². The monoisotopic (exact) mass is 212 g/mol. The van der Waals surface area contributed by atoms with Crippen molar-refractivity contribution in [1.82, 2.24) is 4.90 Å². The van der Waals surface area contributed by atoms with Crippen molar-refractivity contribution in [2.24, 2.45) is 17.6 Å². The molecule has 2 rings (SSSR count). The molecule has 1 amide bonds. The molecule has 2 saturated heterocycles. The van der Waals surface area contributed by atoms with Gasteiger partial charge in [-0.1, -0.05) is 0 Å². The predicted molar refractivity (Wildman–Crippen MR) is 57.3 cm³/mol. The standard InChI is InChI=1S/C11H20N2O2/c12-6-9-2-1-4-13(7-9)11(14)10-3-5-15-8-10/h9-10H,1-8,12H2. The molecule has 4 heteroatoms. The van der Waals surface area contributed by atoms with Gasteiger partial charge < -0.3 is 15.4 Å². The minimum atomic E-state index is 0.113. The Morgan fingerprint density at radius 2 is 2.33 bits per heavy atom. The zero-order valence-electron chi connectivity index (χ0n) is 9.15. The number of carbonyl (C=O) groups is 1. The maximum Gasteiger partial charge on any atom is 0.228 e. The molecule has 0 spiro atoms. The number of hydrogen-bond acceptors (Lipinski definition) is 3. The van der Waals surface area contributed by atoms with Gasteiger partial charge >= 0.3 is 0 Å². The van der Waals surface area contributed by atoms with Gasteiger partial charge in [0.1, 0.15) is 0 Å². The van der Waals surface area contributed by atoms with Crippen molar-refractivity contribution in [3.8, 4) is 0 Å². The van der Waals surface area contributed by atoms with Crippen LogP contribution in [0.25, 0.3) is 0 Å². The van der Waals surface area contributed by atoms with Gasteiger partial charge in [0.05, 0.1) is 12.5 Å². The third-order valence-electron chi connectivity index (χ3n) is 3.44. The topological polar surface area (TPSA) is 55.6 Å². The van der Waals surface area contributed by atoms with E-state index in [-0.39, 0.29) is 11.8 Å². The summed E-state index contributed by atoms with van der Waals surface area (Å²) in [5.74, 6) is 0.900. The fraction of sp³-hybridized carbons (Fsp3) is 0.909. The minimum absolute atomic E-state index is 0.113. The number of hydrogen-bond donors (Lipinski definition) is 1. The molecule has 86 valence electrons. The highest BCUT2D eigenvalue weighted by atomic mass is 16.5. The van der Waals surface area contributed by atoms with Gasteiger partial charge in [-0.3, -0.25) is 4.79 Å². The summed E-state index contributed by atoms with van der Waals surface area (Å²) < 4.78 is 5.25. The lowest BCUT2D eigenvalue weighted by molar-refractivity contribution is -0.137. The molecule has 2 atom stereocenters. The van der Waals surface area contributed by atoms with Crippen LogP contribution in [0, 0.1) is 11.8 Å². The van der Waals surface area contributed by atoms with Crippen molar-refractivity contribution in [2.75, 3.05) is 32.8 Å². The van der Waals surface area contributed by atoms with Gasteiger partial charge in [-0.2, -0.15) is 0 Å². The summed E-state index contributed by atoms with van der Waals surface area (Å²) >= 11 is 0. The number of amides is 1. The van der Waals surface area contributed by atoms with Crippen LogP contribution < -0.4 is 5.73 Å².